The van der Waals surface area contributed by atoms with Crippen LogP contribution in [0, 0.1) is 0 Å². The lowest BCUT2D eigenvalue weighted by Gasteiger charge is -2.05. The highest BCUT2D eigenvalue weighted by atomic mass is 16.4. The van der Waals surface area contributed by atoms with E-state index < -0.39 is 5.97 Å². The van der Waals surface area contributed by atoms with Crippen LogP contribution in [0.25, 0.3) is 5.69 Å². The Balaban J connectivity index is 2.61. The van der Waals surface area contributed by atoms with Crippen LogP contribution >= 0.6 is 0 Å². The molecular formula is C9H7N3O3. The van der Waals surface area contributed by atoms with Gasteiger partial charge in [-0.3, -0.25) is 0 Å². The van der Waals surface area contributed by atoms with Gasteiger partial charge in [-0.2, -0.15) is 0 Å². The Bertz CT molecular complexity index is 493. The molecule has 0 bridgehead atoms. The van der Waals surface area contributed by atoms with E-state index >= 15 is 0 Å². The standard InChI is InChI=1S/C9H7N3O3/c13-6-1-2-8(7(5-6)9(14)15)12-4-3-10-11-12/h1-5,13H,(H,14,15). The summed E-state index contributed by atoms with van der Waals surface area (Å²) in [6, 6.07) is 4.02. The quantitative estimate of drug-likeness (QED) is 0.752. The van der Waals surface area contributed by atoms with Crippen molar-refractivity contribution in [2.45, 2.75) is 0 Å². The van der Waals surface area contributed by atoms with Crippen molar-refractivity contribution in [3.8, 4) is 11.4 Å². The van der Waals surface area contributed by atoms with E-state index in [-0.39, 0.29) is 11.3 Å². The molecular weight excluding hydrogens is 198 g/mol. The first-order valence-electron chi connectivity index (χ1n) is 4.11. The van der Waals surface area contributed by atoms with Gasteiger partial charge in [0, 0.05) is 0 Å². The molecule has 0 saturated carbocycles. The summed E-state index contributed by atoms with van der Waals surface area (Å²) in [5.41, 5.74) is 0.332. The maximum absolute atomic E-state index is 10.9. The number of aromatic hydroxyl groups is 1. The number of phenolic OH excluding ortho intramolecular Hbond substituents is 1. The van der Waals surface area contributed by atoms with Crippen molar-refractivity contribution < 1.29 is 15.0 Å². The predicted molar refractivity (Wildman–Crippen MR) is 50.0 cm³/mol. The molecule has 6 heteroatoms. The average Bonchev–Trinajstić information content (AvgIpc) is 2.70. The minimum Gasteiger partial charge on any atom is -0.508 e. The van der Waals surface area contributed by atoms with Crippen molar-refractivity contribution >= 4 is 5.97 Å². The minimum absolute atomic E-state index is 0.0273. The van der Waals surface area contributed by atoms with E-state index in [1.54, 1.807) is 0 Å². The highest BCUT2D eigenvalue weighted by Gasteiger charge is 2.12. The molecule has 2 N–H and O–H groups in total. The average molecular weight is 205 g/mol. The molecule has 0 aliphatic heterocycles. The number of benzene rings is 1. The fourth-order valence-corrected chi connectivity index (χ4v) is 1.23. The number of aromatic carboxylic acids is 1. The van der Waals surface area contributed by atoms with Crippen LogP contribution in [0.5, 0.6) is 5.75 Å². The SMILES string of the molecule is O=C(O)c1cc(O)ccc1-n1ccnn1. The molecule has 1 aromatic carbocycles. The van der Waals surface area contributed by atoms with Crippen LogP contribution in [0.15, 0.2) is 30.6 Å². The van der Waals surface area contributed by atoms with Crippen molar-refractivity contribution in [1.82, 2.24) is 15.0 Å². The van der Waals surface area contributed by atoms with Crippen LogP contribution in [0.2, 0.25) is 0 Å². The highest BCUT2D eigenvalue weighted by molar-refractivity contribution is 5.92. The van der Waals surface area contributed by atoms with Crippen LogP contribution in [-0.4, -0.2) is 31.2 Å². The van der Waals surface area contributed by atoms with Crippen LogP contribution < -0.4 is 0 Å². The van der Waals surface area contributed by atoms with Gasteiger partial charge in [0.15, 0.2) is 0 Å². The number of phenols is 1. The monoisotopic (exact) mass is 205 g/mol. The van der Waals surface area contributed by atoms with Gasteiger partial charge in [0.05, 0.1) is 23.6 Å². The lowest BCUT2D eigenvalue weighted by molar-refractivity contribution is 0.0696. The fraction of sp³-hybridized carbons (Fsp3) is 0. The third-order valence-electron chi connectivity index (χ3n) is 1.88. The molecule has 0 aliphatic rings. The van der Waals surface area contributed by atoms with Gasteiger partial charge in [0.25, 0.3) is 0 Å². The molecule has 0 amide bonds. The zero-order chi connectivity index (χ0) is 10.8. The lowest BCUT2D eigenvalue weighted by atomic mass is 10.1. The number of aromatic nitrogens is 3. The third kappa shape index (κ3) is 1.64. The van der Waals surface area contributed by atoms with Crippen LogP contribution in [-0.2, 0) is 0 Å². The molecule has 76 valence electrons. The van der Waals surface area contributed by atoms with Gasteiger partial charge in [-0.25, -0.2) is 9.48 Å². The minimum atomic E-state index is -1.13. The Morgan fingerprint density at radius 2 is 2.20 bits per heavy atom. The molecule has 2 rings (SSSR count). The van der Waals surface area contributed by atoms with Gasteiger partial charge >= 0.3 is 5.97 Å². The third-order valence-corrected chi connectivity index (χ3v) is 1.88. The summed E-state index contributed by atoms with van der Waals surface area (Å²) >= 11 is 0. The van der Waals surface area contributed by atoms with Crippen LogP contribution in [0.4, 0.5) is 0 Å². The second-order valence-corrected chi connectivity index (χ2v) is 2.85. The van der Waals surface area contributed by atoms with Gasteiger partial charge < -0.3 is 10.2 Å². The summed E-state index contributed by atoms with van der Waals surface area (Å²) in [7, 11) is 0. The number of hydrogen-bond donors (Lipinski definition) is 2. The van der Waals surface area contributed by atoms with Gasteiger partial charge in [0.2, 0.25) is 0 Å². The largest absolute Gasteiger partial charge is 0.508 e. The normalized spacial score (nSPS) is 10.1. The Hall–Kier alpha value is -2.37. The van der Waals surface area contributed by atoms with E-state index in [2.05, 4.69) is 10.3 Å². The molecule has 1 heterocycles. The summed E-state index contributed by atoms with van der Waals surface area (Å²) in [5, 5.41) is 25.4. The Labute approximate surface area is 84.4 Å². The van der Waals surface area contributed by atoms with E-state index in [9.17, 15) is 9.90 Å². The summed E-state index contributed by atoms with van der Waals surface area (Å²) in [6.45, 7) is 0. The van der Waals surface area contributed by atoms with E-state index in [0.717, 1.165) is 0 Å². The Morgan fingerprint density at radius 1 is 1.40 bits per heavy atom. The predicted octanol–water partition coefficient (Wildman–Crippen LogP) is 0.671. The van der Waals surface area contributed by atoms with Gasteiger partial charge in [-0.15, -0.1) is 5.10 Å². The molecule has 0 saturated heterocycles. The van der Waals surface area contributed by atoms with E-state index in [1.807, 2.05) is 0 Å². The van der Waals surface area contributed by atoms with Gasteiger partial charge in [-0.1, -0.05) is 5.21 Å². The second kappa shape index (κ2) is 3.41. The van der Waals surface area contributed by atoms with Crippen molar-refractivity contribution in [3.05, 3.63) is 36.2 Å². The van der Waals surface area contributed by atoms with Crippen LogP contribution in [0.1, 0.15) is 10.4 Å². The first-order valence-corrected chi connectivity index (χ1v) is 4.11. The topological polar surface area (TPSA) is 88.2 Å². The van der Waals surface area contributed by atoms with Crippen molar-refractivity contribution in [2.75, 3.05) is 0 Å². The molecule has 0 fully saturated rings. The molecule has 0 aliphatic carbocycles. The lowest BCUT2D eigenvalue weighted by Crippen LogP contribution is -2.05. The number of carboxylic acid groups (broad SMARTS) is 1. The summed E-state index contributed by atoms with van der Waals surface area (Å²) in [5.74, 6) is -1.23. The highest BCUT2D eigenvalue weighted by Crippen LogP contribution is 2.19. The van der Waals surface area contributed by atoms with Gasteiger partial charge in [0.1, 0.15) is 5.75 Å². The zero-order valence-corrected chi connectivity index (χ0v) is 7.53. The van der Waals surface area contributed by atoms with Crippen molar-refractivity contribution in [1.29, 1.82) is 0 Å². The van der Waals surface area contributed by atoms with Crippen molar-refractivity contribution in [3.63, 3.8) is 0 Å². The van der Waals surface area contributed by atoms with Crippen LogP contribution in [0.3, 0.4) is 0 Å². The Morgan fingerprint density at radius 3 is 2.80 bits per heavy atom. The molecule has 0 atom stereocenters. The number of carbonyl (C=O) groups is 1. The molecule has 0 spiro atoms. The number of nitrogens with zero attached hydrogens (tertiary/aromatic N) is 3. The maximum Gasteiger partial charge on any atom is 0.338 e. The number of carboxylic acids is 1. The number of rotatable bonds is 2. The van der Waals surface area contributed by atoms with E-state index in [4.69, 9.17) is 5.11 Å². The second-order valence-electron chi connectivity index (χ2n) is 2.85. The maximum atomic E-state index is 10.9. The number of hydrogen-bond acceptors (Lipinski definition) is 4. The smallest absolute Gasteiger partial charge is 0.338 e. The first-order chi connectivity index (χ1) is 7.18. The fourth-order valence-electron chi connectivity index (χ4n) is 1.23. The summed E-state index contributed by atoms with van der Waals surface area (Å²) in [4.78, 5) is 10.9. The Kier molecular flexibility index (Phi) is 2.09. The molecule has 6 nitrogen and oxygen atoms in total. The van der Waals surface area contributed by atoms with Crippen molar-refractivity contribution in [2.24, 2.45) is 0 Å². The van der Waals surface area contributed by atoms with E-state index in [0.29, 0.717) is 5.69 Å². The molecule has 1 aromatic heterocycles. The van der Waals surface area contributed by atoms with E-state index in [1.165, 1.54) is 35.3 Å². The summed E-state index contributed by atoms with van der Waals surface area (Å²) in [6.07, 6.45) is 2.97. The van der Waals surface area contributed by atoms with Gasteiger partial charge in [-0.05, 0) is 18.2 Å². The molecule has 15 heavy (non-hydrogen) atoms. The first kappa shape index (κ1) is 9.20. The summed E-state index contributed by atoms with van der Waals surface area (Å²) < 4.78 is 1.32. The molecule has 0 unspecified atom stereocenters. The molecule has 2 aromatic rings. The molecule has 0 radical (unpaired) electrons. The zero-order valence-electron chi connectivity index (χ0n) is 7.53.